The van der Waals surface area contributed by atoms with Crippen LogP contribution in [-0.2, 0) is 71.7 Å². The molecule has 0 aliphatic carbocycles. The van der Waals surface area contributed by atoms with Crippen molar-refractivity contribution in [2.24, 2.45) is 5.92 Å². The van der Waals surface area contributed by atoms with E-state index in [0.29, 0.717) is 37.8 Å². The Morgan fingerprint density at radius 3 is 1.49 bits per heavy atom. The number of carboxylic acids is 4. The summed E-state index contributed by atoms with van der Waals surface area (Å²) in [6.07, 6.45) is 14.9. The first-order valence-corrected chi connectivity index (χ1v) is 30.6. The van der Waals surface area contributed by atoms with E-state index in [0.717, 1.165) is 89.3 Å². The van der Waals surface area contributed by atoms with E-state index in [1.807, 2.05) is 12.1 Å². The summed E-state index contributed by atoms with van der Waals surface area (Å²) >= 11 is 0. The van der Waals surface area contributed by atoms with Gasteiger partial charge in [0, 0.05) is 88.9 Å². The monoisotopic (exact) mass is 1220 g/mol. The quantitative estimate of drug-likeness (QED) is 0.0261. The fraction of sp³-hybridized carbons (Fsp3) is 0.705. The van der Waals surface area contributed by atoms with Crippen LogP contribution in [0.5, 0.6) is 0 Å². The van der Waals surface area contributed by atoms with Gasteiger partial charge in [-0.05, 0) is 75.6 Å². The lowest BCUT2D eigenvalue weighted by atomic mass is 9.94. The second-order valence-corrected chi connectivity index (χ2v) is 21.2. The van der Waals surface area contributed by atoms with Crippen molar-refractivity contribution in [2.75, 3.05) is 77.8 Å². The molecule has 25 nitrogen and oxygen atoms in total. The Kier molecular flexibility index (Phi) is 45.4. The van der Waals surface area contributed by atoms with Gasteiger partial charge < -0.3 is 66.0 Å². The number of rotatable bonds is 59. The van der Waals surface area contributed by atoms with Gasteiger partial charge in [0.15, 0.2) is 5.78 Å². The summed E-state index contributed by atoms with van der Waals surface area (Å²) in [5, 5.41) is 50.9. The van der Waals surface area contributed by atoms with E-state index in [9.17, 15) is 72.9 Å². The van der Waals surface area contributed by atoms with Gasteiger partial charge in [0.05, 0.1) is 39.0 Å². The minimum atomic E-state index is -1.47. The number of carboxylic acid groups (broad SMARTS) is 4. The van der Waals surface area contributed by atoms with Crippen LogP contribution in [0, 0.1) is 5.92 Å². The van der Waals surface area contributed by atoms with Crippen LogP contribution in [-0.4, -0.2) is 176 Å². The number of ether oxygens (including phenoxy) is 4. The van der Waals surface area contributed by atoms with E-state index in [1.54, 1.807) is 12.1 Å². The molecule has 0 fully saturated rings. The molecule has 0 saturated carbocycles. The predicted octanol–water partition coefficient (Wildman–Crippen LogP) is 6.15. The molecule has 486 valence electrons. The van der Waals surface area contributed by atoms with Crippen molar-refractivity contribution < 1.29 is 96.9 Å². The van der Waals surface area contributed by atoms with E-state index in [2.05, 4.69) is 33.5 Å². The predicted molar refractivity (Wildman–Crippen MR) is 316 cm³/mol. The van der Waals surface area contributed by atoms with Gasteiger partial charge in [-0.1, -0.05) is 84.0 Å². The molecule has 25 heteroatoms. The number of nitrogens with one attached hydrogen (secondary N) is 5. The zero-order valence-corrected chi connectivity index (χ0v) is 50.4. The highest BCUT2D eigenvalue weighted by Gasteiger charge is 2.26. The first-order chi connectivity index (χ1) is 41.3. The smallest absolute Gasteiger partial charge is 0.372 e. The number of unbranched alkanes of at least 4 members (excludes halogenated alkanes) is 13. The third-order valence-corrected chi connectivity index (χ3v) is 13.7. The van der Waals surface area contributed by atoms with Gasteiger partial charge in [0.25, 0.3) is 5.91 Å². The Labute approximate surface area is 505 Å². The summed E-state index contributed by atoms with van der Waals surface area (Å²) in [6.45, 7) is 3.29. The molecule has 1 rings (SSSR count). The molecule has 9 N–H and O–H groups in total. The van der Waals surface area contributed by atoms with Crippen LogP contribution in [0.1, 0.15) is 197 Å². The van der Waals surface area contributed by atoms with Crippen molar-refractivity contribution in [1.29, 1.82) is 0 Å². The molecule has 1 aromatic carbocycles. The molecule has 0 aliphatic rings. The molecular weight excluding hydrogens is 1120 g/mol. The van der Waals surface area contributed by atoms with Crippen molar-refractivity contribution in [1.82, 2.24) is 21.3 Å². The number of Topliss-reactive ketones (excluding diaryl/α,β-unsaturated/α-hetero) is 4. The third-order valence-electron chi connectivity index (χ3n) is 13.7. The van der Waals surface area contributed by atoms with Gasteiger partial charge in [0.2, 0.25) is 23.5 Å². The summed E-state index contributed by atoms with van der Waals surface area (Å²) in [5.74, 6) is -9.97. The van der Waals surface area contributed by atoms with Crippen LogP contribution in [0.3, 0.4) is 0 Å². The van der Waals surface area contributed by atoms with E-state index < -0.39 is 78.3 Å². The summed E-state index contributed by atoms with van der Waals surface area (Å²) < 4.78 is 21.4. The average Bonchev–Trinajstić information content (AvgIpc) is 3.48. The minimum Gasteiger partial charge on any atom is -0.481 e. The zero-order chi connectivity index (χ0) is 63.6. The Balaban J connectivity index is 2.11. The highest BCUT2D eigenvalue weighted by atomic mass is 16.5. The van der Waals surface area contributed by atoms with Crippen molar-refractivity contribution in [3.63, 3.8) is 0 Å². The van der Waals surface area contributed by atoms with Crippen molar-refractivity contribution >= 4 is 76.3 Å². The largest absolute Gasteiger partial charge is 0.481 e. The van der Waals surface area contributed by atoms with Crippen LogP contribution in [0.4, 0.5) is 5.69 Å². The molecule has 86 heavy (non-hydrogen) atoms. The van der Waals surface area contributed by atoms with Gasteiger partial charge in [0.1, 0.15) is 36.9 Å². The number of anilines is 1. The van der Waals surface area contributed by atoms with Gasteiger partial charge in [-0.3, -0.25) is 43.2 Å². The SMILES string of the molecule is CCCNc1ccc(C(=O)NCCCC(=O)COCCOCCNC(=O)CCC(CC(=O)CC[C@H](NC(=O)COCCOCCCC(=O)CC[C@H](NC(=O)CCCCCCCCCCCCCCCCC(=O)C(=O)O)C(=O)O)C(=O)O)C(=O)O)cc1. The Hall–Kier alpha value is -6.70. The lowest BCUT2D eigenvalue weighted by Gasteiger charge is -2.15. The molecule has 1 aromatic rings. The number of carbonyl (C=O) groups excluding carboxylic acids is 8. The summed E-state index contributed by atoms with van der Waals surface area (Å²) in [7, 11) is 0. The summed E-state index contributed by atoms with van der Waals surface area (Å²) in [6, 6.07) is 4.50. The van der Waals surface area contributed by atoms with Crippen molar-refractivity contribution in [2.45, 2.75) is 199 Å². The summed E-state index contributed by atoms with van der Waals surface area (Å²) in [5.41, 5.74) is 1.46. The van der Waals surface area contributed by atoms with E-state index in [-0.39, 0.29) is 140 Å². The van der Waals surface area contributed by atoms with Crippen LogP contribution in [0.15, 0.2) is 24.3 Å². The van der Waals surface area contributed by atoms with Crippen molar-refractivity contribution in [3.05, 3.63) is 29.8 Å². The van der Waals surface area contributed by atoms with Crippen LogP contribution in [0.25, 0.3) is 0 Å². The number of ketones is 4. The second kappa shape index (κ2) is 50.5. The lowest BCUT2D eigenvalue weighted by molar-refractivity contribution is -0.149. The molecule has 0 bridgehead atoms. The third kappa shape index (κ3) is 43.0. The Morgan fingerprint density at radius 1 is 0.419 bits per heavy atom. The maximum Gasteiger partial charge on any atom is 0.372 e. The first-order valence-electron chi connectivity index (χ1n) is 30.6. The Morgan fingerprint density at radius 2 is 0.930 bits per heavy atom. The fourth-order valence-corrected chi connectivity index (χ4v) is 8.73. The standard InChI is InChI=1S/C61H97N5O20/c1-2-33-62-47-26-23-45(24-27-47)57(74)64-34-17-19-50(69)43-85-40-39-84-37-35-63-54(71)32-25-46(58(75)76)42-49(68)29-31-52(60(79)80)66-56(73)44-86-41-38-83-36-18-20-48(67)28-30-51(59(77)78)65-55(72)22-16-14-12-10-8-6-4-3-5-7-9-11-13-15-21-53(70)61(81)82/h23-24,26-27,46,51-52,62H,2-22,25,28-44H2,1H3,(H,63,71)(H,64,74)(H,65,72)(H,66,73)(H,75,76)(H,77,78)(H,79,80)(H,81,82)/t46?,51-,52-/m0/s1. The molecule has 0 heterocycles. The van der Waals surface area contributed by atoms with E-state index in [4.69, 9.17) is 24.1 Å². The topological polar surface area (TPSA) is 383 Å². The van der Waals surface area contributed by atoms with Gasteiger partial charge in [-0.15, -0.1) is 0 Å². The molecule has 0 spiro atoms. The number of hydrogen-bond donors (Lipinski definition) is 9. The minimum absolute atomic E-state index is 0.0433. The van der Waals surface area contributed by atoms with Gasteiger partial charge in [-0.2, -0.15) is 0 Å². The number of benzene rings is 1. The highest BCUT2D eigenvalue weighted by molar-refractivity contribution is 6.32. The Bertz CT molecular complexity index is 2190. The number of aliphatic carboxylic acids is 4. The zero-order valence-electron chi connectivity index (χ0n) is 50.4. The molecule has 0 aliphatic heterocycles. The van der Waals surface area contributed by atoms with Crippen LogP contribution >= 0.6 is 0 Å². The lowest BCUT2D eigenvalue weighted by Crippen LogP contribution is -2.42. The van der Waals surface area contributed by atoms with Crippen molar-refractivity contribution in [3.8, 4) is 0 Å². The molecule has 0 saturated heterocycles. The molecule has 0 aromatic heterocycles. The van der Waals surface area contributed by atoms with E-state index in [1.165, 1.54) is 6.42 Å². The molecule has 4 amide bonds. The second-order valence-electron chi connectivity index (χ2n) is 21.2. The highest BCUT2D eigenvalue weighted by Crippen LogP contribution is 2.17. The van der Waals surface area contributed by atoms with E-state index >= 15 is 0 Å². The van der Waals surface area contributed by atoms with Crippen LogP contribution < -0.4 is 26.6 Å². The molecule has 0 radical (unpaired) electrons. The van der Waals surface area contributed by atoms with Crippen LogP contribution in [0.2, 0.25) is 0 Å². The molecular formula is C61H97N5O20. The maximum absolute atomic E-state index is 12.7. The normalized spacial score (nSPS) is 12.1. The van der Waals surface area contributed by atoms with Gasteiger partial charge >= 0.3 is 23.9 Å². The molecule has 1 unspecified atom stereocenters. The number of amides is 4. The fourth-order valence-electron chi connectivity index (χ4n) is 8.73. The maximum atomic E-state index is 12.7. The molecule has 3 atom stereocenters. The van der Waals surface area contributed by atoms with Gasteiger partial charge in [-0.25, -0.2) is 14.4 Å². The number of hydrogen-bond acceptors (Lipinski definition) is 17. The number of carbonyl (C=O) groups is 12. The average molecular weight is 1220 g/mol. The first kappa shape index (κ1) is 77.3. The summed E-state index contributed by atoms with van der Waals surface area (Å²) in [4.78, 5) is 144.